The van der Waals surface area contributed by atoms with Gasteiger partial charge >= 0.3 is 0 Å². The lowest BCUT2D eigenvalue weighted by atomic mass is 9.94. The molecule has 4 aromatic carbocycles. The molecule has 10 aromatic rings. The van der Waals surface area contributed by atoms with Gasteiger partial charge < -0.3 is 90.3 Å². The van der Waals surface area contributed by atoms with E-state index in [1.54, 1.807) is 33.5 Å². The summed E-state index contributed by atoms with van der Waals surface area (Å²) in [4.78, 5) is 50.9. The van der Waals surface area contributed by atoms with E-state index in [9.17, 15) is 20.4 Å². The van der Waals surface area contributed by atoms with Crippen molar-refractivity contribution in [2.24, 2.45) is 0 Å². The lowest BCUT2D eigenvalue weighted by Crippen LogP contribution is -2.34. The molecule has 650 valence electrons. The first-order chi connectivity index (χ1) is 59.1. The van der Waals surface area contributed by atoms with Gasteiger partial charge in [-0.1, -0.05) is 99.8 Å². The third-order valence-corrected chi connectivity index (χ3v) is 20.9. The fourth-order valence-electron chi connectivity index (χ4n) is 13.6. The summed E-state index contributed by atoms with van der Waals surface area (Å²) >= 11 is 0. The van der Waals surface area contributed by atoms with Crippen molar-refractivity contribution >= 4 is 28.8 Å². The number of aromatic nitrogens is 11. The molecule has 7 heterocycles. The zero-order chi connectivity index (χ0) is 86.8. The molecule has 122 heavy (non-hydrogen) atoms. The first-order valence-corrected chi connectivity index (χ1v) is 42.3. The Kier molecular flexibility index (Phi) is 36.5. The van der Waals surface area contributed by atoms with E-state index in [2.05, 4.69) is 96.4 Å². The number of rotatable bonds is 39. The summed E-state index contributed by atoms with van der Waals surface area (Å²) in [6.07, 6.45) is 21.5. The summed E-state index contributed by atoms with van der Waals surface area (Å²) < 4.78 is 33.8. The van der Waals surface area contributed by atoms with Crippen LogP contribution in [0, 0.1) is 26.2 Å². The minimum absolute atomic E-state index is 0.172. The molecular weight excluding hydrogens is 1540 g/mol. The van der Waals surface area contributed by atoms with E-state index in [4.69, 9.17) is 69.5 Å². The molecule has 2 saturated carbocycles. The molecule has 0 amide bonds. The van der Waals surface area contributed by atoms with Crippen LogP contribution in [0.3, 0.4) is 0 Å². The smallest absolute Gasteiger partial charge is 0.162 e. The lowest BCUT2D eigenvalue weighted by molar-refractivity contribution is 0.0904. The van der Waals surface area contributed by atoms with E-state index in [0.717, 1.165) is 148 Å². The zero-order valence-corrected chi connectivity index (χ0v) is 72.6. The first kappa shape index (κ1) is 93.1. The Morgan fingerprint density at radius 3 is 1.54 bits per heavy atom. The molecule has 29 nitrogen and oxygen atoms in total. The summed E-state index contributed by atoms with van der Waals surface area (Å²) in [6, 6.07) is 39.4. The van der Waals surface area contributed by atoms with Crippen molar-refractivity contribution in [3.8, 4) is 103 Å². The van der Waals surface area contributed by atoms with Crippen molar-refractivity contribution in [2.75, 3.05) is 142 Å². The fraction of sp³-hybridized carbons (Fsp3) is 0.452. The largest absolute Gasteiger partial charge is 0.491 e. The monoisotopic (exact) mass is 1670 g/mol. The van der Waals surface area contributed by atoms with Crippen molar-refractivity contribution in [1.82, 2.24) is 76.3 Å². The number of nitrogens with zero attached hydrogens (tertiary/aromatic N) is 13. The van der Waals surface area contributed by atoms with Crippen LogP contribution < -0.4 is 60.6 Å². The van der Waals surface area contributed by atoms with Crippen LogP contribution in [0.2, 0.25) is 0 Å². The van der Waals surface area contributed by atoms with Gasteiger partial charge in [0.05, 0.1) is 34.0 Å². The van der Waals surface area contributed by atoms with Crippen LogP contribution in [0.15, 0.2) is 151 Å². The van der Waals surface area contributed by atoms with Crippen molar-refractivity contribution in [2.45, 2.75) is 154 Å². The van der Waals surface area contributed by atoms with Gasteiger partial charge in [0.15, 0.2) is 23.3 Å². The van der Waals surface area contributed by atoms with Gasteiger partial charge in [-0.05, 0) is 148 Å². The van der Waals surface area contributed by atoms with Gasteiger partial charge in [-0.2, -0.15) is 0 Å². The Hall–Kier alpha value is -11.2. The molecule has 10 N–H and O–H groups in total. The number of hydrogen-bond donors (Lipinski definition) is 10. The topological polar surface area (TPSA) is 361 Å². The summed E-state index contributed by atoms with van der Waals surface area (Å²) in [6.45, 7) is 20.0. The van der Waals surface area contributed by atoms with E-state index < -0.39 is 24.4 Å². The number of hydrogen-bond acceptors (Lipinski definition) is 29. The Morgan fingerprint density at radius 2 is 1.07 bits per heavy atom. The number of unbranched alkanes of at least 4 members (excludes halogenated alkanes) is 1. The Bertz CT molecular complexity index is 4900. The molecule has 3 fully saturated rings. The second-order valence-corrected chi connectivity index (χ2v) is 31.3. The minimum atomic E-state index is -0.595. The molecule has 6 aromatic heterocycles. The van der Waals surface area contributed by atoms with E-state index in [0.29, 0.717) is 91.6 Å². The van der Waals surface area contributed by atoms with Gasteiger partial charge in [0, 0.05) is 155 Å². The predicted molar refractivity (Wildman–Crippen MR) is 482 cm³/mol. The standard InChI is InChI=1S/C25H36N4O2.C23H26N6O2.C23H31N5O3.C22H30N4O3/c1-25(12-13-25)22-15-23(29(3)19-9-5-4-6-10-19)28-24(27-22)18-8-7-11-21(14-18)31-17-20(30)16-26-2;1-4-5-9-29(3)22-11-21(18-12-25-16-26-13-18)27-23(28-22)17-7-6-8-20(10-17)31-15-19(30)14-24-2;1-5-6-10-25-21-12-20(22-15(2)28-31-16(22)3)26-23(27-21)17-8-7-9-19(11-17)30-14-18(29)13-24-4;1-15(2)20-12-21(24-17-7-9-28-10-8-17)26-22(25-20)16-5-4-6-19(11-16)29-14-18(27)13-23-3/h7-8,11,14-15,19-20,26,30H,4-6,9-10,12-13,16-17H2,1-3H3;1,6-8,10-13,16,19,24,30H,5,9,14-15H2,2-3H3;7-9,11-12,18,24,29H,5-6,10,13-14H2,1-4H3,(H,25,26,27);4-6,11-12,17-18,23,27H,1,7-10,13-14H2,2-3H3,(H,24,25,26). The van der Waals surface area contributed by atoms with Crippen LogP contribution in [0.25, 0.3) is 73.6 Å². The quantitative estimate of drug-likeness (QED) is 0.0126. The van der Waals surface area contributed by atoms with Crippen LogP contribution in [0.4, 0.5) is 23.3 Å². The number of likely N-dealkylation sites (N-methyl/N-ethyl adjacent to an activating group) is 4. The van der Waals surface area contributed by atoms with Gasteiger partial charge in [0.2, 0.25) is 0 Å². The van der Waals surface area contributed by atoms with Crippen LogP contribution in [0.1, 0.15) is 121 Å². The van der Waals surface area contributed by atoms with E-state index >= 15 is 0 Å². The van der Waals surface area contributed by atoms with Crippen molar-refractivity contribution in [3.05, 3.63) is 169 Å². The van der Waals surface area contributed by atoms with Crippen molar-refractivity contribution in [3.63, 3.8) is 0 Å². The molecule has 3 aliphatic rings. The highest BCUT2D eigenvalue weighted by molar-refractivity contribution is 5.72. The number of terminal acetylenes is 1. The number of allylic oxidation sites excluding steroid dienone is 1. The molecule has 4 atom stereocenters. The number of nitrogens with one attached hydrogen (secondary N) is 6. The molecule has 1 saturated heterocycles. The summed E-state index contributed by atoms with van der Waals surface area (Å²) in [5.74, 6) is 11.9. The second-order valence-electron chi connectivity index (χ2n) is 31.3. The average Bonchev–Trinajstić information content (AvgIpc) is 1.61. The molecule has 0 spiro atoms. The Labute approximate surface area is 718 Å². The summed E-state index contributed by atoms with van der Waals surface area (Å²) in [5.41, 5.74) is 10.4. The Morgan fingerprint density at radius 1 is 0.582 bits per heavy atom. The van der Waals surface area contributed by atoms with Gasteiger partial charge in [-0.25, -0.2) is 49.8 Å². The molecule has 4 unspecified atom stereocenters. The number of aliphatic hydroxyl groups excluding tert-OH is 4. The normalized spacial score (nSPS) is 14.6. The summed E-state index contributed by atoms with van der Waals surface area (Å²) in [7, 11) is 11.3. The average molecular weight is 1670 g/mol. The Balaban J connectivity index is 0.000000171. The summed E-state index contributed by atoms with van der Waals surface area (Å²) in [5, 5.41) is 62.3. The number of ether oxygens (including phenoxy) is 5. The van der Waals surface area contributed by atoms with E-state index in [1.807, 2.05) is 155 Å². The maximum Gasteiger partial charge on any atom is 0.162 e. The predicted octanol–water partition coefficient (Wildman–Crippen LogP) is 12.3. The maximum absolute atomic E-state index is 9.93. The highest BCUT2D eigenvalue weighted by Gasteiger charge is 2.41. The third kappa shape index (κ3) is 28.7. The van der Waals surface area contributed by atoms with Crippen LogP contribution >= 0.6 is 0 Å². The molecule has 29 heteroatoms. The number of benzene rings is 4. The molecule has 0 bridgehead atoms. The lowest BCUT2D eigenvalue weighted by Gasteiger charge is -2.32. The zero-order valence-electron chi connectivity index (χ0n) is 72.6. The molecular formula is C93H123N19O10. The third-order valence-electron chi connectivity index (χ3n) is 20.9. The molecule has 1 aliphatic heterocycles. The van der Waals surface area contributed by atoms with Crippen molar-refractivity contribution in [1.29, 1.82) is 0 Å². The van der Waals surface area contributed by atoms with Gasteiger partial charge in [0.1, 0.15) is 109 Å². The van der Waals surface area contributed by atoms with Gasteiger partial charge in [-0.15, -0.1) is 12.3 Å². The molecule has 0 radical (unpaired) electrons. The minimum Gasteiger partial charge on any atom is -0.491 e. The van der Waals surface area contributed by atoms with Gasteiger partial charge in [0.25, 0.3) is 0 Å². The highest BCUT2D eigenvalue weighted by atomic mass is 16.5. The molecule has 13 rings (SSSR count). The SMILES string of the molecule is C#CCCN(C)c1cc(-c2cncnc2)nc(-c2cccc(OCC(O)CNC)c2)n1.C=C(C)c1cc(NC2CCOCC2)nc(-c2cccc(OCC(O)CNC)c2)n1.CCCCNc1cc(-c2c(C)noc2C)nc(-c2cccc(OCC(O)CNC)c2)n1.CNCC(O)COc1cccc(-c2nc(N(C)C3CCCCC3)cc(C3(C)CC3)n2)c1. The fourth-order valence-corrected chi connectivity index (χ4v) is 13.6. The van der Waals surface area contributed by atoms with Gasteiger partial charge in [-0.3, -0.25) is 0 Å². The first-order valence-electron chi connectivity index (χ1n) is 42.3. The van der Waals surface area contributed by atoms with Crippen LogP contribution in [-0.4, -0.2) is 233 Å². The second kappa shape index (κ2) is 47.9. The maximum atomic E-state index is 9.93. The number of anilines is 4. The van der Waals surface area contributed by atoms with Crippen LogP contribution in [-0.2, 0) is 10.2 Å². The van der Waals surface area contributed by atoms with E-state index in [1.165, 1.54) is 51.3 Å². The number of aliphatic hydroxyl groups is 4. The molecule has 2 aliphatic carbocycles. The van der Waals surface area contributed by atoms with Crippen molar-refractivity contribution < 1.29 is 48.6 Å². The van der Waals surface area contributed by atoms with E-state index in [-0.39, 0.29) is 31.8 Å². The van der Waals surface area contributed by atoms with Crippen LogP contribution in [0.5, 0.6) is 23.0 Å². The number of aryl methyl sites for hydroxylation is 2. The highest BCUT2D eigenvalue weighted by Crippen LogP contribution is 2.48.